The molecule has 3 aromatic rings. The number of halogens is 1. The average Bonchev–Trinajstić information content (AvgIpc) is 2.84. The van der Waals surface area contributed by atoms with E-state index in [1.807, 2.05) is 42.1 Å². The molecular formula is C21H20FN3O2. The monoisotopic (exact) mass is 365 g/mol. The van der Waals surface area contributed by atoms with E-state index in [0.29, 0.717) is 25.9 Å². The molecule has 0 saturated carbocycles. The predicted molar refractivity (Wildman–Crippen MR) is 100 cm³/mol. The number of nitrogens with zero attached hydrogens (tertiary/aromatic N) is 3. The van der Waals surface area contributed by atoms with Crippen LogP contribution in [-0.2, 0) is 19.9 Å². The van der Waals surface area contributed by atoms with Crippen molar-refractivity contribution in [2.75, 3.05) is 13.1 Å². The van der Waals surface area contributed by atoms with Crippen LogP contribution >= 0.6 is 0 Å². The van der Waals surface area contributed by atoms with Gasteiger partial charge in [0.05, 0.1) is 11.3 Å². The number of rotatable bonds is 2. The molecule has 2 heterocycles. The summed E-state index contributed by atoms with van der Waals surface area (Å²) in [5, 5.41) is 14.0. The van der Waals surface area contributed by atoms with Gasteiger partial charge in [-0.15, -0.1) is 0 Å². The second kappa shape index (κ2) is 6.87. The summed E-state index contributed by atoms with van der Waals surface area (Å²) < 4.78 is 16.0. The molecule has 0 unspecified atom stereocenters. The lowest BCUT2D eigenvalue weighted by Gasteiger charge is -2.21. The van der Waals surface area contributed by atoms with Gasteiger partial charge in [0.25, 0.3) is 5.91 Å². The van der Waals surface area contributed by atoms with Gasteiger partial charge in [0.1, 0.15) is 11.6 Å². The first kappa shape index (κ1) is 17.3. The van der Waals surface area contributed by atoms with E-state index in [1.165, 1.54) is 12.1 Å². The van der Waals surface area contributed by atoms with Crippen molar-refractivity contribution in [2.45, 2.75) is 12.8 Å². The Bertz CT molecular complexity index is 998. The van der Waals surface area contributed by atoms with E-state index in [-0.39, 0.29) is 17.2 Å². The first-order valence-corrected chi connectivity index (χ1v) is 8.92. The topological polar surface area (TPSA) is 58.4 Å². The molecule has 0 spiro atoms. The molecule has 0 radical (unpaired) electrons. The van der Waals surface area contributed by atoms with Gasteiger partial charge in [-0.3, -0.25) is 9.48 Å². The second-order valence-electron chi connectivity index (χ2n) is 6.72. The number of benzene rings is 2. The van der Waals surface area contributed by atoms with Crippen molar-refractivity contribution in [1.82, 2.24) is 14.7 Å². The number of phenols is 1. The first-order chi connectivity index (χ1) is 13.0. The first-order valence-electron chi connectivity index (χ1n) is 8.92. The third-order valence-electron chi connectivity index (χ3n) is 5.04. The standard InChI is InChI=1S/C21H20FN3O2/c1-24-19-10-12-25(21(27)16-8-7-15(26)13-18(16)22)11-9-17(19)20(23-24)14-5-3-2-4-6-14/h2-8,13,26H,9-12H2,1H3. The average molecular weight is 365 g/mol. The largest absolute Gasteiger partial charge is 0.508 e. The summed E-state index contributed by atoms with van der Waals surface area (Å²) in [5.41, 5.74) is 4.23. The van der Waals surface area contributed by atoms with Crippen molar-refractivity contribution in [1.29, 1.82) is 0 Å². The molecule has 2 aromatic carbocycles. The fraction of sp³-hybridized carbons (Fsp3) is 0.238. The molecule has 0 saturated heterocycles. The van der Waals surface area contributed by atoms with Crippen LogP contribution in [0, 0.1) is 5.82 Å². The molecule has 0 bridgehead atoms. The van der Waals surface area contributed by atoms with Gasteiger partial charge in [-0.2, -0.15) is 5.10 Å². The van der Waals surface area contributed by atoms with Gasteiger partial charge < -0.3 is 10.0 Å². The van der Waals surface area contributed by atoms with Crippen molar-refractivity contribution in [3.05, 3.63) is 71.2 Å². The molecule has 27 heavy (non-hydrogen) atoms. The lowest BCUT2D eigenvalue weighted by atomic mass is 10.0. The number of phenolic OH excluding ortho intramolecular Hbond substituents is 1. The summed E-state index contributed by atoms with van der Waals surface area (Å²) in [5.74, 6) is -1.24. The van der Waals surface area contributed by atoms with Crippen molar-refractivity contribution in [2.24, 2.45) is 7.05 Å². The molecule has 0 atom stereocenters. The number of aryl methyl sites for hydroxylation is 1. The second-order valence-corrected chi connectivity index (χ2v) is 6.72. The Balaban J connectivity index is 1.61. The van der Waals surface area contributed by atoms with Gasteiger partial charge in [0, 0.05) is 49.4 Å². The summed E-state index contributed by atoms with van der Waals surface area (Å²) in [7, 11) is 1.92. The van der Waals surface area contributed by atoms with E-state index in [4.69, 9.17) is 0 Å². The smallest absolute Gasteiger partial charge is 0.256 e. The summed E-state index contributed by atoms with van der Waals surface area (Å²) in [4.78, 5) is 14.5. The van der Waals surface area contributed by atoms with Crippen LogP contribution in [0.3, 0.4) is 0 Å². The maximum absolute atomic E-state index is 14.1. The summed E-state index contributed by atoms with van der Waals surface area (Å²) in [6.45, 7) is 0.998. The van der Waals surface area contributed by atoms with Crippen molar-refractivity contribution < 1.29 is 14.3 Å². The lowest BCUT2D eigenvalue weighted by Crippen LogP contribution is -2.34. The molecule has 5 nitrogen and oxygen atoms in total. The summed E-state index contributed by atoms with van der Waals surface area (Å²) in [6.07, 6.45) is 1.33. The van der Waals surface area contributed by atoms with Gasteiger partial charge in [-0.25, -0.2) is 4.39 Å². The Labute approximate surface area is 156 Å². The molecule has 4 rings (SSSR count). The fourth-order valence-corrected chi connectivity index (χ4v) is 3.66. The maximum atomic E-state index is 14.1. The number of amides is 1. The minimum atomic E-state index is -0.701. The van der Waals surface area contributed by atoms with Gasteiger partial charge in [0.2, 0.25) is 0 Å². The zero-order valence-corrected chi connectivity index (χ0v) is 15.0. The minimum absolute atomic E-state index is 0.0137. The summed E-state index contributed by atoms with van der Waals surface area (Å²) in [6, 6.07) is 13.6. The van der Waals surface area contributed by atoms with Crippen LogP contribution in [-0.4, -0.2) is 38.8 Å². The molecule has 1 N–H and O–H groups in total. The normalized spacial score (nSPS) is 13.9. The van der Waals surface area contributed by atoms with Crippen LogP contribution < -0.4 is 0 Å². The van der Waals surface area contributed by atoms with E-state index >= 15 is 0 Å². The fourth-order valence-electron chi connectivity index (χ4n) is 3.66. The molecule has 1 aromatic heterocycles. The van der Waals surface area contributed by atoms with Gasteiger partial charge in [-0.05, 0) is 18.6 Å². The van der Waals surface area contributed by atoms with Gasteiger partial charge >= 0.3 is 0 Å². The number of aromatic hydroxyl groups is 1. The summed E-state index contributed by atoms with van der Waals surface area (Å²) >= 11 is 0. The van der Waals surface area contributed by atoms with Crippen LogP contribution in [0.1, 0.15) is 21.6 Å². The van der Waals surface area contributed by atoms with Crippen LogP contribution in [0.25, 0.3) is 11.3 Å². The zero-order valence-electron chi connectivity index (χ0n) is 15.0. The molecule has 0 fully saturated rings. The van der Waals surface area contributed by atoms with E-state index in [1.54, 1.807) is 4.90 Å². The molecule has 1 amide bonds. The highest BCUT2D eigenvalue weighted by Gasteiger charge is 2.26. The van der Waals surface area contributed by atoms with E-state index < -0.39 is 5.82 Å². The Morgan fingerprint density at radius 2 is 1.85 bits per heavy atom. The number of carbonyl (C=O) groups is 1. The molecule has 1 aliphatic rings. The van der Waals surface area contributed by atoms with Crippen LogP contribution in [0.5, 0.6) is 5.75 Å². The predicted octanol–water partition coefficient (Wildman–Crippen LogP) is 3.17. The number of carbonyl (C=O) groups excluding carboxylic acids is 1. The third kappa shape index (κ3) is 3.18. The van der Waals surface area contributed by atoms with Gasteiger partial charge in [-0.1, -0.05) is 30.3 Å². The lowest BCUT2D eigenvalue weighted by molar-refractivity contribution is 0.0758. The quantitative estimate of drug-likeness (QED) is 0.759. The maximum Gasteiger partial charge on any atom is 0.256 e. The van der Waals surface area contributed by atoms with Crippen molar-refractivity contribution in [3.63, 3.8) is 0 Å². The molecular weight excluding hydrogens is 345 g/mol. The Hall–Kier alpha value is -3.15. The van der Waals surface area contributed by atoms with E-state index in [9.17, 15) is 14.3 Å². The zero-order chi connectivity index (χ0) is 19.0. The number of fused-ring (bicyclic) bond motifs is 1. The molecule has 6 heteroatoms. The van der Waals surface area contributed by atoms with Crippen molar-refractivity contribution >= 4 is 5.91 Å². The Morgan fingerprint density at radius 3 is 2.59 bits per heavy atom. The van der Waals surface area contributed by atoms with Crippen LogP contribution in [0.15, 0.2) is 48.5 Å². The number of hydrogen-bond donors (Lipinski definition) is 1. The highest BCUT2D eigenvalue weighted by molar-refractivity contribution is 5.94. The highest BCUT2D eigenvalue weighted by atomic mass is 19.1. The molecule has 0 aliphatic carbocycles. The number of hydrogen-bond acceptors (Lipinski definition) is 3. The SMILES string of the molecule is Cn1nc(-c2ccccc2)c2c1CCN(C(=O)c1ccc(O)cc1F)CC2. The van der Waals surface area contributed by atoms with Crippen molar-refractivity contribution in [3.8, 4) is 17.0 Å². The Kier molecular flexibility index (Phi) is 4.39. The minimum Gasteiger partial charge on any atom is -0.508 e. The molecule has 138 valence electrons. The van der Waals surface area contributed by atoms with Crippen LogP contribution in [0.2, 0.25) is 0 Å². The van der Waals surface area contributed by atoms with Gasteiger partial charge in [0.15, 0.2) is 0 Å². The number of aromatic nitrogens is 2. The Morgan fingerprint density at radius 1 is 1.11 bits per heavy atom. The van der Waals surface area contributed by atoms with E-state index in [0.717, 1.165) is 28.6 Å². The third-order valence-corrected chi connectivity index (χ3v) is 5.04. The molecule has 1 aliphatic heterocycles. The van der Waals surface area contributed by atoms with Crippen LogP contribution in [0.4, 0.5) is 4.39 Å². The van der Waals surface area contributed by atoms with E-state index in [2.05, 4.69) is 5.10 Å². The highest BCUT2D eigenvalue weighted by Crippen LogP contribution is 2.28.